The fourth-order valence-corrected chi connectivity index (χ4v) is 4.64. The Labute approximate surface area is 151 Å². The van der Waals surface area contributed by atoms with Crippen molar-refractivity contribution >= 4 is 17.9 Å². The maximum absolute atomic E-state index is 10.9. The first-order valence-electron chi connectivity index (χ1n) is 9.51. The number of aryl methyl sites for hydroxylation is 1. The number of anilines is 1. The second kappa shape index (κ2) is 7.59. The monoisotopic (exact) mass is 342 g/mol. The molecule has 2 fully saturated rings. The van der Waals surface area contributed by atoms with Crippen molar-refractivity contribution < 1.29 is 9.90 Å². The molecule has 136 valence electrons. The van der Waals surface area contributed by atoms with Gasteiger partial charge in [0.25, 0.3) is 0 Å². The highest BCUT2D eigenvalue weighted by Gasteiger charge is 2.38. The van der Waals surface area contributed by atoms with E-state index >= 15 is 0 Å². The summed E-state index contributed by atoms with van der Waals surface area (Å²) >= 11 is 0. The van der Waals surface area contributed by atoms with E-state index < -0.39 is 5.97 Å². The minimum absolute atomic E-state index is 0.352. The number of piperidine rings is 1. The Morgan fingerprint density at radius 2 is 1.96 bits per heavy atom. The Morgan fingerprint density at radius 1 is 1.28 bits per heavy atom. The summed E-state index contributed by atoms with van der Waals surface area (Å²) in [5.74, 6) is -0.245. The Kier molecular flexibility index (Phi) is 5.45. The van der Waals surface area contributed by atoms with Gasteiger partial charge >= 0.3 is 5.97 Å². The number of hydrogen-bond donors (Lipinski definition) is 1. The maximum Gasteiger partial charge on any atom is 0.303 e. The van der Waals surface area contributed by atoms with Gasteiger partial charge in [0.1, 0.15) is 0 Å². The van der Waals surface area contributed by atoms with Crippen LogP contribution in [-0.4, -0.2) is 37.4 Å². The van der Waals surface area contributed by atoms with E-state index in [4.69, 9.17) is 5.11 Å². The first kappa shape index (κ1) is 18.0. The third kappa shape index (κ3) is 4.23. The smallest absolute Gasteiger partial charge is 0.303 e. The van der Waals surface area contributed by atoms with Crippen molar-refractivity contribution in [3.8, 4) is 0 Å². The molecular formula is C21H30N2O2. The van der Waals surface area contributed by atoms with Gasteiger partial charge in [-0.05, 0) is 68.4 Å². The van der Waals surface area contributed by atoms with Crippen LogP contribution in [0.2, 0.25) is 0 Å². The number of benzene rings is 1. The van der Waals surface area contributed by atoms with E-state index in [2.05, 4.69) is 35.0 Å². The molecule has 1 saturated carbocycles. The van der Waals surface area contributed by atoms with Crippen LogP contribution in [0.15, 0.2) is 23.2 Å². The predicted octanol–water partition coefficient (Wildman–Crippen LogP) is 4.30. The third-order valence-electron chi connectivity index (χ3n) is 6.25. The average Bonchev–Trinajstić information content (AvgIpc) is 2.59. The van der Waals surface area contributed by atoms with Gasteiger partial charge < -0.3 is 10.0 Å². The topological polar surface area (TPSA) is 52.9 Å². The lowest BCUT2D eigenvalue weighted by molar-refractivity contribution is -0.138. The molecule has 0 bridgehead atoms. The molecular weight excluding hydrogens is 312 g/mol. The van der Waals surface area contributed by atoms with Crippen LogP contribution in [0.4, 0.5) is 5.69 Å². The first-order valence-corrected chi connectivity index (χ1v) is 9.51. The quantitative estimate of drug-likeness (QED) is 0.830. The van der Waals surface area contributed by atoms with Crippen LogP contribution in [0.25, 0.3) is 0 Å². The summed E-state index contributed by atoms with van der Waals surface area (Å²) in [7, 11) is 1.82. The number of aliphatic imine (C=N–C) groups is 1. The lowest BCUT2D eigenvalue weighted by atomic mass is 9.65. The van der Waals surface area contributed by atoms with Gasteiger partial charge in [-0.1, -0.05) is 12.1 Å². The number of nitrogens with zero attached hydrogens (tertiary/aromatic N) is 2. The van der Waals surface area contributed by atoms with Gasteiger partial charge in [0.15, 0.2) is 0 Å². The highest BCUT2D eigenvalue weighted by molar-refractivity contribution is 5.88. The normalized spacial score (nSPS) is 21.1. The van der Waals surface area contributed by atoms with E-state index in [1.54, 1.807) is 0 Å². The molecule has 3 rings (SSSR count). The van der Waals surface area contributed by atoms with E-state index in [0.29, 0.717) is 17.8 Å². The van der Waals surface area contributed by atoms with Crippen LogP contribution >= 0.6 is 0 Å². The highest BCUT2D eigenvalue weighted by atomic mass is 16.4. The van der Waals surface area contributed by atoms with Gasteiger partial charge in [-0.25, -0.2) is 0 Å². The molecule has 1 aromatic carbocycles. The zero-order chi connectivity index (χ0) is 17.9. The van der Waals surface area contributed by atoms with Crippen molar-refractivity contribution in [1.29, 1.82) is 0 Å². The number of hydrogen-bond acceptors (Lipinski definition) is 3. The maximum atomic E-state index is 10.9. The number of carboxylic acid groups (broad SMARTS) is 1. The molecule has 1 aromatic rings. The van der Waals surface area contributed by atoms with Crippen LogP contribution in [-0.2, 0) is 4.79 Å². The zero-order valence-electron chi connectivity index (χ0n) is 15.5. The summed E-state index contributed by atoms with van der Waals surface area (Å²) < 4.78 is 0. The molecule has 0 aromatic heterocycles. The lowest BCUT2D eigenvalue weighted by Gasteiger charge is -2.46. The predicted molar refractivity (Wildman–Crippen MR) is 103 cm³/mol. The Morgan fingerprint density at radius 3 is 2.56 bits per heavy atom. The SMILES string of the molecule is CN=Cc1ccc(C)cc1N1CCC2(CCC(CC(=O)O)CC2)CC1. The molecule has 25 heavy (non-hydrogen) atoms. The molecule has 0 radical (unpaired) electrons. The molecule has 0 amide bonds. The van der Waals surface area contributed by atoms with Crippen molar-refractivity contribution in [2.45, 2.75) is 51.9 Å². The summed E-state index contributed by atoms with van der Waals surface area (Å²) in [6.07, 6.45) is 9.34. The summed E-state index contributed by atoms with van der Waals surface area (Å²) in [5, 5.41) is 9.00. The zero-order valence-corrected chi connectivity index (χ0v) is 15.5. The largest absolute Gasteiger partial charge is 0.481 e. The molecule has 1 N–H and O–H groups in total. The van der Waals surface area contributed by atoms with Crippen molar-refractivity contribution in [1.82, 2.24) is 0 Å². The van der Waals surface area contributed by atoms with E-state index in [1.807, 2.05) is 13.3 Å². The van der Waals surface area contributed by atoms with Crippen LogP contribution in [0.1, 0.15) is 56.1 Å². The Hall–Kier alpha value is -1.84. The van der Waals surface area contributed by atoms with E-state index in [0.717, 1.165) is 25.9 Å². The third-order valence-corrected chi connectivity index (χ3v) is 6.25. The van der Waals surface area contributed by atoms with Crippen LogP contribution in [0.3, 0.4) is 0 Å². The second-order valence-corrected chi connectivity index (χ2v) is 7.98. The fraction of sp³-hybridized carbons (Fsp3) is 0.619. The second-order valence-electron chi connectivity index (χ2n) is 7.98. The van der Waals surface area contributed by atoms with Gasteiger partial charge in [-0.15, -0.1) is 0 Å². The molecule has 4 nitrogen and oxygen atoms in total. The van der Waals surface area contributed by atoms with Gasteiger partial charge in [-0.2, -0.15) is 0 Å². The van der Waals surface area contributed by atoms with Gasteiger partial charge in [0.2, 0.25) is 0 Å². The van der Waals surface area contributed by atoms with Crippen LogP contribution < -0.4 is 4.90 Å². The summed E-state index contributed by atoms with van der Waals surface area (Å²) in [6.45, 7) is 4.33. The number of carboxylic acids is 1. The van der Waals surface area contributed by atoms with E-state index in [9.17, 15) is 4.79 Å². The van der Waals surface area contributed by atoms with Crippen molar-refractivity contribution in [3.63, 3.8) is 0 Å². The van der Waals surface area contributed by atoms with Crippen LogP contribution in [0.5, 0.6) is 0 Å². The first-order chi connectivity index (χ1) is 12.0. The molecule has 2 aliphatic rings. The summed E-state index contributed by atoms with van der Waals surface area (Å²) in [5.41, 5.74) is 4.25. The van der Waals surface area contributed by atoms with E-state index in [1.165, 1.54) is 42.5 Å². The highest BCUT2D eigenvalue weighted by Crippen LogP contribution is 2.47. The van der Waals surface area contributed by atoms with Gasteiger partial charge in [0.05, 0.1) is 0 Å². The molecule has 0 unspecified atom stereocenters. The summed E-state index contributed by atoms with van der Waals surface area (Å²) in [6, 6.07) is 6.59. The van der Waals surface area contributed by atoms with E-state index in [-0.39, 0.29) is 0 Å². The summed E-state index contributed by atoms with van der Waals surface area (Å²) in [4.78, 5) is 17.6. The minimum Gasteiger partial charge on any atom is -0.481 e. The number of rotatable bonds is 4. The Balaban J connectivity index is 1.63. The van der Waals surface area contributed by atoms with Gasteiger partial charge in [-0.3, -0.25) is 9.79 Å². The molecule has 1 saturated heterocycles. The molecule has 1 aliphatic heterocycles. The number of carbonyl (C=O) groups is 1. The molecule has 0 atom stereocenters. The van der Waals surface area contributed by atoms with Crippen molar-refractivity contribution in [3.05, 3.63) is 29.3 Å². The van der Waals surface area contributed by atoms with Gasteiger partial charge in [0, 0.05) is 44.0 Å². The average molecular weight is 342 g/mol. The molecule has 4 heteroatoms. The minimum atomic E-state index is -0.639. The fourth-order valence-electron chi connectivity index (χ4n) is 4.64. The van der Waals surface area contributed by atoms with Crippen molar-refractivity contribution in [2.24, 2.45) is 16.3 Å². The van der Waals surface area contributed by atoms with Crippen LogP contribution in [0, 0.1) is 18.3 Å². The number of aliphatic carboxylic acids is 1. The molecule has 1 spiro atoms. The Bertz CT molecular complexity index is 635. The standard InChI is InChI=1S/C21H30N2O2/c1-16-3-4-18(15-22-2)19(13-16)23-11-9-21(10-12-23)7-5-17(6-8-21)14-20(24)25/h3-4,13,15,17H,5-12,14H2,1-2H3,(H,24,25). The lowest BCUT2D eigenvalue weighted by Crippen LogP contribution is -2.42. The molecule has 1 aliphatic carbocycles. The molecule has 1 heterocycles. The van der Waals surface area contributed by atoms with Crippen molar-refractivity contribution in [2.75, 3.05) is 25.0 Å².